The Morgan fingerprint density at radius 2 is 1.42 bits per heavy atom. The Morgan fingerprint density at radius 1 is 0.765 bits per heavy atom. The highest BCUT2D eigenvalue weighted by atomic mass is 35.5. The molecule has 4 aromatic carbocycles. The van der Waals surface area contributed by atoms with Crippen molar-refractivity contribution in [1.82, 2.24) is 30.0 Å². The zero-order valence-corrected chi connectivity index (χ0v) is 48.9. The number of carbonyl (C=O) groups excluding carboxylic acids is 3. The topological polar surface area (TPSA) is 194 Å². The zero-order valence-electron chi connectivity index (χ0n) is 45.7. The maximum Gasteiger partial charge on any atom is 0.253 e. The van der Waals surface area contributed by atoms with E-state index < -0.39 is 51.0 Å². The Balaban J connectivity index is 0.733. The van der Waals surface area contributed by atoms with Gasteiger partial charge in [0.2, 0.25) is 11.7 Å². The van der Waals surface area contributed by atoms with Crippen LogP contribution in [-0.4, -0.2) is 122 Å². The summed E-state index contributed by atoms with van der Waals surface area (Å²) in [6, 6.07) is 21.1. The summed E-state index contributed by atoms with van der Waals surface area (Å²) in [7, 11) is -2.12. The van der Waals surface area contributed by atoms with Gasteiger partial charge < -0.3 is 34.1 Å². The fourth-order valence-corrected chi connectivity index (χ4v) is 11.9. The number of nitrogens with zero attached hydrogens (tertiary/aromatic N) is 5. The fourth-order valence-electron chi connectivity index (χ4n) is 9.51. The van der Waals surface area contributed by atoms with Gasteiger partial charge in [-0.3, -0.25) is 23.9 Å². The van der Waals surface area contributed by atoms with E-state index in [0.29, 0.717) is 93.7 Å². The number of carbonyl (C=O) groups is 3. The van der Waals surface area contributed by atoms with E-state index in [0.717, 1.165) is 62.1 Å². The van der Waals surface area contributed by atoms with E-state index in [1.165, 1.54) is 30.8 Å². The minimum absolute atomic E-state index is 0.0659. The number of amides is 2. The first-order chi connectivity index (χ1) is 38.8. The first-order valence-corrected chi connectivity index (χ1v) is 29.9. The lowest BCUT2D eigenvalue weighted by atomic mass is 9.92. The van der Waals surface area contributed by atoms with Crippen LogP contribution in [0.2, 0.25) is 10.0 Å². The van der Waals surface area contributed by atoms with Crippen LogP contribution in [0.1, 0.15) is 101 Å². The van der Waals surface area contributed by atoms with Crippen LogP contribution >= 0.6 is 34.5 Å². The standard InChI is InChI=1S/C59H63Cl2F2N7O9S2/c1-35-37(3)80-59-52(35)54(40-16-18-43(60)19-17-40)65-48(57-68-67-38(4)70(57)59)32-50(71)64-22-24-77-26-28-79-30-29-78-27-25-76-23-8-9-39-12-14-41(15-13-39)56(72)55-53(51-36(2)46(62)20-21-47(51)63)45(33-69(55)5)58(73)66-49(34-81(6,74)75)42-10-7-11-44(61)31-42/h7,10-21,31,33,48-49H,8-9,22-30,32,34H2,1-6H3,(H,64,71)(H,66,73)/t48-,49-/m0/s1. The molecule has 0 saturated carbocycles. The molecule has 16 nitrogen and oxygen atoms in total. The van der Waals surface area contributed by atoms with E-state index in [2.05, 4.69) is 34.7 Å². The van der Waals surface area contributed by atoms with Crippen LogP contribution in [0, 0.1) is 39.3 Å². The number of halogens is 4. The lowest BCUT2D eigenvalue weighted by Gasteiger charge is -2.19. The number of sulfone groups is 1. The van der Waals surface area contributed by atoms with Crippen molar-refractivity contribution in [2.45, 2.75) is 59.0 Å². The molecule has 8 rings (SSSR count). The molecule has 0 radical (unpaired) electrons. The third-order valence-corrected chi connectivity index (χ3v) is 16.3. The first-order valence-electron chi connectivity index (χ1n) is 26.3. The Morgan fingerprint density at radius 3 is 2.09 bits per heavy atom. The SMILES string of the molecule is Cc1sc2c(c1C)C(c1ccc(Cl)cc1)=N[C@@H](CC(=O)NCCOCCOCCOCCOCCCc1ccc(C(=O)c3c(-c4c(F)ccc(F)c4C)c(C(=O)N[C@@H](CS(C)(=O)=O)c4cccc(Cl)c4)cn3C)cc1)c1nnc(C)n1-2. The summed E-state index contributed by atoms with van der Waals surface area (Å²) in [6.07, 6.45) is 3.79. The normalized spacial score (nSPS) is 13.6. The molecule has 2 N–H and O–H groups in total. The predicted molar refractivity (Wildman–Crippen MR) is 309 cm³/mol. The molecule has 0 spiro atoms. The van der Waals surface area contributed by atoms with Gasteiger partial charge in [-0.15, -0.1) is 21.5 Å². The van der Waals surface area contributed by atoms with Crippen LogP contribution in [0.4, 0.5) is 8.78 Å². The fraction of sp³-hybridized carbons (Fsp3) is 0.356. The van der Waals surface area contributed by atoms with Crippen LogP contribution in [0.25, 0.3) is 16.1 Å². The van der Waals surface area contributed by atoms with E-state index in [1.807, 2.05) is 35.8 Å². The molecule has 428 valence electrons. The highest BCUT2D eigenvalue weighted by molar-refractivity contribution is 7.90. The van der Waals surface area contributed by atoms with E-state index in [1.54, 1.807) is 53.8 Å². The molecule has 2 amide bonds. The molecule has 4 heterocycles. The molecule has 0 unspecified atom stereocenters. The van der Waals surface area contributed by atoms with E-state index in [4.69, 9.17) is 47.1 Å². The number of aryl methyl sites for hydroxylation is 4. The molecule has 0 aliphatic carbocycles. The molecular weight excluding hydrogens is 1120 g/mol. The Bertz CT molecular complexity index is 3550. The van der Waals surface area contributed by atoms with Gasteiger partial charge in [0.25, 0.3) is 5.91 Å². The molecule has 81 heavy (non-hydrogen) atoms. The maximum absolute atomic E-state index is 15.8. The van der Waals surface area contributed by atoms with Crippen LogP contribution in [0.3, 0.4) is 0 Å². The van der Waals surface area contributed by atoms with Gasteiger partial charge in [-0.2, -0.15) is 0 Å². The molecule has 7 aromatic rings. The average Bonchev–Trinajstić information content (AvgIpc) is 3.88. The number of aromatic nitrogens is 4. The Labute approximate surface area is 483 Å². The molecule has 2 atom stereocenters. The molecule has 1 aliphatic rings. The lowest BCUT2D eigenvalue weighted by molar-refractivity contribution is -0.121. The van der Waals surface area contributed by atoms with Gasteiger partial charge in [0.05, 0.1) is 81.4 Å². The van der Waals surface area contributed by atoms with Gasteiger partial charge in [0.1, 0.15) is 38.3 Å². The largest absolute Gasteiger partial charge is 0.379 e. The van der Waals surface area contributed by atoms with E-state index in [9.17, 15) is 22.8 Å². The second-order valence-corrected chi connectivity index (χ2v) is 23.9. The molecule has 1 aliphatic heterocycles. The van der Waals surface area contributed by atoms with Gasteiger partial charge in [-0.05, 0) is 99.2 Å². The number of fused-ring (bicyclic) bond motifs is 3. The molecular formula is C59H63Cl2F2N7O9S2. The Hall–Kier alpha value is -6.49. The Kier molecular flexibility index (Phi) is 20.6. The van der Waals surface area contributed by atoms with Crippen molar-refractivity contribution in [2.75, 3.05) is 71.4 Å². The number of aliphatic imine (C=N–C) groups is 1. The zero-order chi connectivity index (χ0) is 58.0. The molecule has 3 aromatic heterocycles. The van der Waals surface area contributed by atoms with Crippen molar-refractivity contribution >= 4 is 67.7 Å². The number of benzene rings is 4. The number of thiophene rings is 1. The van der Waals surface area contributed by atoms with Crippen molar-refractivity contribution in [3.63, 3.8) is 0 Å². The summed E-state index contributed by atoms with van der Waals surface area (Å²) < 4.78 is 82.0. The van der Waals surface area contributed by atoms with Gasteiger partial charge in [-0.25, -0.2) is 17.2 Å². The van der Waals surface area contributed by atoms with Gasteiger partial charge >= 0.3 is 0 Å². The number of hydrogen-bond donors (Lipinski definition) is 2. The number of ketones is 1. The minimum atomic E-state index is -3.64. The van der Waals surface area contributed by atoms with Crippen molar-refractivity contribution in [3.05, 3.63) is 180 Å². The van der Waals surface area contributed by atoms with Crippen molar-refractivity contribution in [2.24, 2.45) is 12.0 Å². The van der Waals surface area contributed by atoms with Gasteiger partial charge in [0.15, 0.2) is 5.82 Å². The molecule has 0 saturated heterocycles. The number of hydrogen-bond acceptors (Lipinski definition) is 13. The minimum Gasteiger partial charge on any atom is -0.379 e. The summed E-state index contributed by atoms with van der Waals surface area (Å²) >= 11 is 14.1. The monoisotopic (exact) mass is 1190 g/mol. The second-order valence-electron chi connectivity index (χ2n) is 19.6. The van der Waals surface area contributed by atoms with Crippen molar-refractivity contribution < 1.29 is 50.5 Å². The summed E-state index contributed by atoms with van der Waals surface area (Å²) in [5, 5.41) is 16.4. The highest BCUT2D eigenvalue weighted by Gasteiger charge is 2.34. The number of nitrogens with one attached hydrogen (secondary N) is 2. The molecule has 22 heteroatoms. The smallest absolute Gasteiger partial charge is 0.253 e. The summed E-state index contributed by atoms with van der Waals surface area (Å²) in [5.74, 6) is -2.28. The second kappa shape index (κ2) is 27.5. The average molecular weight is 1190 g/mol. The quantitative estimate of drug-likeness (QED) is 0.0368. The third-order valence-electron chi connectivity index (χ3n) is 13.7. The molecule has 0 bridgehead atoms. The summed E-state index contributed by atoms with van der Waals surface area (Å²) in [5.41, 5.74) is 4.65. The van der Waals surface area contributed by atoms with Gasteiger partial charge in [-0.1, -0.05) is 71.7 Å². The van der Waals surface area contributed by atoms with Gasteiger partial charge in [0, 0.05) is 75.4 Å². The predicted octanol–water partition coefficient (Wildman–Crippen LogP) is 10.00. The third kappa shape index (κ3) is 15.2. The number of ether oxygens (including phenoxy) is 4. The summed E-state index contributed by atoms with van der Waals surface area (Å²) in [6.45, 7) is 10.7. The molecule has 0 fully saturated rings. The maximum atomic E-state index is 15.8. The van der Waals surface area contributed by atoms with Crippen LogP contribution in [0.15, 0.2) is 96.1 Å². The van der Waals surface area contributed by atoms with Crippen molar-refractivity contribution in [1.29, 1.82) is 0 Å². The lowest BCUT2D eigenvalue weighted by Crippen LogP contribution is -2.33. The van der Waals surface area contributed by atoms with Crippen LogP contribution in [0.5, 0.6) is 0 Å². The highest BCUT2D eigenvalue weighted by Crippen LogP contribution is 2.40. The van der Waals surface area contributed by atoms with E-state index >= 15 is 8.78 Å². The van der Waals surface area contributed by atoms with Crippen molar-refractivity contribution in [3.8, 4) is 16.1 Å². The first kappa shape index (κ1) is 60.6. The number of rotatable bonds is 27. The van der Waals surface area contributed by atoms with Crippen LogP contribution in [-0.2, 0) is 47.0 Å². The summed E-state index contributed by atoms with van der Waals surface area (Å²) in [4.78, 5) is 48.1. The van der Waals surface area contributed by atoms with E-state index in [-0.39, 0.29) is 45.8 Å². The van der Waals surface area contributed by atoms with Crippen LogP contribution < -0.4 is 10.6 Å².